The van der Waals surface area contributed by atoms with Crippen molar-refractivity contribution in [3.63, 3.8) is 0 Å². The second-order valence-electron chi connectivity index (χ2n) is 2.91. The molecule has 8 heteroatoms. The van der Waals surface area contributed by atoms with Crippen LogP contribution in [0.1, 0.15) is 0 Å². The lowest BCUT2D eigenvalue weighted by molar-refractivity contribution is 0.881. The van der Waals surface area contributed by atoms with Gasteiger partial charge in [-0.15, -0.1) is 10.2 Å². The van der Waals surface area contributed by atoms with E-state index in [1.807, 2.05) is 0 Å². The van der Waals surface area contributed by atoms with Gasteiger partial charge in [-0.3, -0.25) is 4.98 Å². The Labute approximate surface area is 82.9 Å². The van der Waals surface area contributed by atoms with Gasteiger partial charge in [0.25, 0.3) is 0 Å². The Morgan fingerprint density at radius 3 is 3.07 bits per heavy atom. The first-order valence-corrected chi connectivity index (χ1v) is 4.18. The van der Waals surface area contributed by atoms with Gasteiger partial charge in [-0.2, -0.15) is 5.21 Å². The van der Waals surface area contributed by atoms with E-state index in [4.69, 9.17) is 5.73 Å². The van der Waals surface area contributed by atoms with Crippen LogP contribution in [0.3, 0.4) is 0 Å². The first-order chi connectivity index (χ1) is 7.34. The smallest absolute Gasteiger partial charge is 0.225 e. The van der Waals surface area contributed by atoms with Crippen LogP contribution in [0.15, 0.2) is 12.3 Å². The number of hydrogen-bond acceptors (Lipinski definition) is 6. The van der Waals surface area contributed by atoms with Gasteiger partial charge >= 0.3 is 0 Å². The van der Waals surface area contributed by atoms with Crippen molar-refractivity contribution >= 4 is 17.0 Å². The number of hydrogen-bond donors (Lipinski definition) is 3. The second kappa shape index (κ2) is 2.74. The SMILES string of the molecule is Nc1nc2c(-c3nn[nH]n3)nccc2[nH]1. The summed E-state index contributed by atoms with van der Waals surface area (Å²) in [7, 11) is 0. The molecule has 4 N–H and O–H groups in total. The fourth-order valence-electron chi connectivity index (χ4n) is 1.38. The number of H-pyrrole nitrogens is 2. The van der Waals surface area contributed by atoms with Gasteiger partial charge in [0, 0.05) is 6.20 Å². The van der Waals surface area contributed by atoms with Crippen LogP contribution in [0, 0.1) is 0 Å². The molecule has 0 aliphatic carbocycles. The third kappa shape index (κ3) is 1.11. The van der Waals surface area contributed by atoms with Crippen molar-refractivity contribution in [1.29, 1.82) is 0 Å². The molecule has 0 amide bonds. The van der Waals surface area contributed by atoms with E-state index in [-0.39, 0.29) is 0 Å². The zero-order chi connectivity index (χ0) is 10.3. The highest BCUT2D eigenvalue weighted by Gasteiger charge is 2.12. The topological polar surface area (TPSA) is 122 Å². The van der Waals surface area contributed by atoms with Crippen LogP contribution in [0.2, 0.25) is 0 Å². The van der Waals surface area contributed by atoms with E-state index in [0.717, 1.165) is 5.52 Å². The Bertz CT molecular complexity index is 595. The first kappa shape index (κ1) is 7.85. The van der Waals surface area contributed by atoms with Crippen LogP contribution >= 0.6 is 0 Å². The van der Waals surface area contributed by atoms with Gasteiger partial charge in [-0.25, -0.2) is 4.98 Å². The van der Waals surface area contributed by atoms with E-state index in [0.29, 0.717) is 23.0 Å². The lowest BCUT2D eigenvalue weighted by Gasteiger charge is -1.93. The number of anilines is 1. The molecule has 3 aromatic heterocycles. The predicted octanol–water partition coefficient (Wildman–Crippen LogP) is -0.280. The average Bonchev–Trinajstić information content (AvgIpc) is 2.82. The molecular weight excluding hydrogens is 196 g/mol. The molecule has 0 radical (unpaired) electrons. The number of fused-ring (bicyclic) bond motifs is 1. The van der Waals surface area contributed by atoms with Crippen molar-refractivity contribution < 1.29 is 0 Å². The summed E-state index contributed by atoms with van der Waals surface area (Å²) < 4.78 is 0. The first-order valence-electron chi connectivity index (χ1n) is 4.18. The molecule has 0 aromatic carbocycles. The number of aromatic nitrogens is 7. The molecule has 0 atom stereocenters. The molecule has 3 heterocycles. The maximum atomic E-state index is 5.55. The molecule has 0 fully saturated rings. The molecular formula is C7H6N8. The highest BCUT2D eigenvalue weighted by molar-refractivity contribution is 5.88. The van der Waals surface area contributed by atoms with Crippen molar-refractivity contribution in [2.45, 2.75) is 0 Å². The van der Waals surface area contributed by atoms with E-state index in [1.165, 1.54) is 0 Å². The van der Waals surface area contributed by atoms with Gasteiger partial charge < -0.3 is 10.7 Å². The lowest BCUT2D eigenvalue weighted by atomic mass is 10.3. The van der Waals surface area contributed by atoms with Crippen molar-refractivity contribution in [1.82, 2.24) is 35.6 Å². The summed E-state index contributed by atoms with van der Waals surface area (Å²) in [5, 5.41) is 13.5. The predicted molar refractivity (Wildman–Crippen MR) is 51.5 cm³/mol. The molecule has 74 valence electrons. The van der Waals surface area contributed by atoms with E-state index in [1.54, 1.807) is 12.3 Å². The molecule has 0 aliphatic heterocycles. The van der Waals surface area contributed by atoms with E-state index in [9.17, 15) is 0 Å². The summed E-state index contributed by atoms with van der Waals surface area (Å²) in [6.07, 6.45) is 1.63. The van der Waals surface area contributed by atoms with Gasteiger partial charge in [0.1, 0.15) is 11.2 Å². The molecule has 0 aliphatic rings. The molecule has 0 spiro atoms. The van der Waals surface area contributed by atoms with Crippen LogP contribution in [0.4, 0.5) is 5.95 Å². The number of rotatable bonds is 1. The third-order valence-corrected chi connectivity index (χ3v) is 1.98. The quantitative estimate of drug-likeness (QED) is 0.498. The maximum absolute atomic E-state index is 5.55. The maximum Gasteiger partial charge on any atom is 0.225 e. The molecule has 0 saturated carbocycles. The Morgan fingerprint density at radius 1 is 1.33 bits per heavy atom. The molecule has 3 aromatic rings. The summed E-state index contributed by atoms with van der Waals surface area (Å²) in [5.41, 5.74) is 7.53. The van der Waals surface area contributed by atoms with Gasteiger partial charge in [0.05, 0.1) is 5.52 Å². The average molecular weight is 202 g/mol. The minimum atomic E-state index is 0.336. The van der Waals surface area contributed by atoms with E-state index < -0.39 is 0 Å². The van der Waals surface area contributed by atoms with Crippen molar-refractivity contribution in [2.75, 3.05) is 5.73 Å². The zero-order valence-corrected chi connectivity index (χ0v) is 7.47. The fraction of sp³-hybridized carbons (Fsp3) is 0. The van der Waals surface area contributed by atoms with Crippen LogP contribution in [0.25, 0.3) is 22.6 Å². The summed E-state index contributed by atoms with van der Waals surface area (Å²) in [6, 6.07) is 1.78. The van der Waals surface area contributed by atoms with Crippen LogP contribution in [0.5, 0.6) is 0 Å². The van der Waals surface area contributed by atoms with Crippen LogP contribution in [-0.4, -0.2) is 35.6 Å². The number of pyridine rings is 1. The molecule has 8 nitrogen and oxygen atoms in total. The summed E-state index contributed by atoms with van der Waals surface area (Å²) in [4.78, 5) is 11.1. The van der Waals surface area contributed by atoms with E-state index >= 15 is 0 Å². The summed E-state index contributed by atoms with van der Waals surface area (Å²) in [5.74, 6) is 0.731. The molecule has 0 bridgehead atoms. The molecule has 0 saturated heterocycles. The fourth-order valence-corrected chi connectivity index (χ4v) is 1.38. The minimum Gasteiger partial charge on any atom is -0.369 e. The van der Waals surface area contributed by atoms with Gasteiger partial charge in [0.15, 0.2) is 5.95 Å². The van der Waals surface area contributed by atoms with E-state index in [2.05, 4.69) is 35.6 Å². The second-order valence-corrected chi connectivity index (χ2v) is 2.91. The summed E-state index contributed by atoms with van der Waals surface area (Å²) >= 11 is 0. The Morgan fingerprint density at radius 2 is 2.27 bits per heavy atom. The molecule has 3 rings (SSSR count). The Kier molecular flexibility index (Phi) is 1.43. The van der Waals surface area contributed by atoms with Crippen molar-refractivity contribution in [3.05, 3.63) is 12.3 Å². The number of imidazole rings is 1. The highest BCUT2D eigenvalue weighted by atomic mass is 15.5. The summed E-state index contributed by atoms with van der Waals surface area (Å²) in [6.45, 7) is 0. The van der Waals surface area contributed by atoms with Gasteiger partial charge in [0.2, 0.25) is 5.82 Å². The van der Waals surface area contributed by atoms with Crippen molar-refractivity contribution in [2.24, 2.45) is 0 Å². The Balaban J connectivity index is 2.35. The molecule has 0 unspecified atom stereocenters. The lowest BCUT2D eigenvalue weighted by Crippen LogP contribution is -1.88. The largest absolute Gasteiger partial charge is 0.369 e. The zero-order valence-electron chi connectivity index (χ0n) is 7.47. The Hall–Kier alpha value is -2.51. The van der Waals surface area contributed by atoms with Crippen LogP contribution in [-0.2, 0) is 0 Å². The third-order valence-electron chi connectivity index (χ3n) is 1.98. The van der Waals surface area contributed by atoms with Crippen molar-refractivity contribution in [3.8, 4) is 11.5 Å². The normalized spacial score (nSPS) is 10.9. The van der Waals surface area contributed by atoms with Gasteiger partial charge in [-0.1, -0.05) is 0 Å². The number of aromatic amines is 2. The molecule has 15 heavy (non-hydrogen) atoms. The standard InChI is InChI=1S/C7H6N8/c8-7-10-3-1-2-9-5(4(3)11-7)6-12-14-15-13-6/h1-2H,(H3,8,10,11)(H,12,13,14,15). The number of nitrogens with two attached hydrogens (primary N) is 1. The number of nitrogen functional groups attached to an aromatic ring is 1. The van der Waals surface area contributed by atoms with Gasteiger partial charge in [-0.05, 0) is 11.3 Å². The number of nitrogens with one attached hydrogen (secondary N) is 2. The monoisotopic (exact) mass is 202 g/mol. The number of nitrogens with zero attached hydrogens (tertiary/aromatic N) is 5. The highest BCUT2D eigenvalue weighted by Crippen LogP contribution is 2.21. The minimum absolute atomic E-state index is 0.336. The van der Waals surface area contributed by atoms with Crippen LogP contribution < -0.4 is 5.73 Å². The number of tetrazole rings is 1.